The van der Waals surface area contributed by atoms with Gasteiger partial charge in [-0.05, 0) is 61.1 Å². The molecule has 8 rings (SSSR count). The first-order chi connectivity index (χ1) is 24.0. The molecular formula is C37H33ClN8OS2. The Morgan fingerprint density at radius 2 is 1.37 bits per heavy atom. The van der Waals surface area contributed by atoms with E-state index in [1.807, 2.05) is 32.2 Å². The normalized spacial score (nSPS) is 11.9. The Bertz CT molecular complexity index is 2220. The molecule has 49 heavy (non-hydrogen) atoms. The van der Waals surface area contributed by atoms with Crippen LogP contribution in [-0.4, -0.2) is 42.2 Å². The number of rotatable bonds is 10. The Balaban J connectivity index is 0.000000178. The summed E-state index contributed by atoms with van der Waals surface area (Å²) >= 11 is 9.19. The minimum Gasteiger partial charge on any atom is -0.489 e. The Labute approximate surface area is 297 Å². The van der Waals surface area contributed by atoms with Gasteiger partial charge in [-0.3, -0.25) is 4.99 Å². The number of fused-ring (bicyclic) bond motifs is 3. The second-order valence-electron chi connectivity index (χ2n) is 11.7. The second-order valence-corrected chi connectivity index (χ2v) is 14.2. The van der Waals surface area contributed by atoms with Crippen LogP contribution in [0.4, 0.5) is 11.5 Å². The van der Waals surface area contributed by atoms with Gasteiger partial charge in [-0.2, -0.15) is 0 Å². The molecule has 0 radical (unpaired) electrons. The van der Waals surface area contributed by atoms with E-state index in [4.69, 9.17) is 21.3 Å². The topological polar surface area (TPSA) is 111 Å². The van der Waals surface area contributed by atoms with E-state index in [9.17, 15) is 0 Å². The van der Waals surface area contributed by atoms with Gasteiger partial charge < -0.3 is 10.1 Å². The van der Waals surface area contributed by atoms with Crippen LogP contribution >= 0.6 is 34.3 Å². The molecule has 9 nitrogen and oxygen atoms in total. The van der Waals surface area contributed by atoms with Crippen LogP contribution < -0.4 is 10.1 Å². The Kier molecular flexibility index (Phi) is 10.1. The van der Waals surface area contributed by atoms with Crippen molar-refractivity contribution in [2.24, 2.45) is 4.99 Å². The molecule has 12 heteroatoms. The summed E-state index contributed by atoms with van der Waals surface area (Å²) < 4.78 is 6.07. The monoisotopic (exact) mass is 704 g/mol. The number of nitrogens with one attached hydrogen (secondary N) is 1. The molecular weight excluding hydrogens is 672 g/mol. The van der Waals surface area contributed by atoms with Gasteiger partial charge in [-0.1, -0.05) is 94.9 Å². The van der Waals surface area contributed by atoms with Gasteiger partial charge >= 0.3 is 0 Å². The number of aromatic nitrogens is 6. The first kappa shape index (κ1) is 32.7. The van der Waals surface area contributed by atoms with Gasteiger partial charge in [0, 0.05) is 19.1 Å². The summed E-state index contributed by atoms with van der Waals surface area (Å²) in [5.41, 5.74) is 7.26. The molecule has 0 spiro atoms. The van der Waals surface area contributed by atoms with Gasteiger partial charge in [0.2, 0.25) is 0 Å². The van der Waals surface area contributed by atoms with Gasteiger partial charge in [0.25, 0.3) is 0 Å². The highest BCUT2D eigenvalue weighted by atomic mass is 35.5. The van der Waals surface area contributed by atoms with Gasteiger partial charge in [-0.25, -0.2) is 29.9 Å². The molecule has 7 aromatic rings. The predicted octanol–water partition coefficient (Wildman–Crippen LogP) is 8.86. The molecule has 1 aliphatic heterocycles. The molecule has 246 valence electrons. The summed E-state index contributed by atoms with van der Waals surface area (Å²) in [6.45, 7) is 4.74. The van der Waals surface area contributed by atoms with Crippen molar-refractivity contribution in [3.8, 4) is 5.75 Å². The first-order valence-corrected chi connectivity index (χ1v) is 18.0. The van der Waals surface area contributed by atoms with Gasteiger partial charge in [0.05, 0.1) is 28.4 Å². The maximum absolute atomic E-state index is 6.07. The number of halogens is 1. The lowest BCUT2D eigenvalue weighted by Gasteiger charge is -2.17. The van der Waals surface area contributed by atoms with E-state index in [1.54, 1.807) is 29.0 Å². The number of ether oxygens (including phenoxy) is 1. The van der Waals surface area contributed by atoms with Crippen molar-refractivity contribution >= 4 is 72.7 Å². The smallest absolute Gasteiger partial charge is 0.161 e. The minimum absolute atomic E-state index is 0.0650. The summed E-state index contributed by atoms with van der Waals surface area (Å²) in [7, 11) is 0. The molecule has 1 N–H and O–H groups in total. The highest BCUT2D eigenvalue weighted by Gasteiger charge is 2.17. The highest BCUT2D eigenvalue weighted by molar-refractivity contribution is 7.18. The molecule has 0 saturated heterocycles. The lowest BCUT2D eigenvalue weighted by molar-refractivity contribution is 0.243. The lowest BCUT2D eigenvalue weighted by Crippen LogP contribution is -2.09. The van der Waals surface area contributed by atoms with Crippen LogP contribution in [0.15, 0.2) is 90.4 Å². The fraction of sp³-hybridized carbons (Fsp3) is 0.216. The van der Waals surface area contributed by atoms with Crippen LogP contribution in [-0.2, 0) is 32.2 Å². The maximum atomic E-state index is 6.07. The number of nitrogens with zero attached hydrogens (tertiary/aromatic N) is 7. The number of aliphatic imine (C=N–C) groups is 1. The van der Waals surface area contributed by atoms with Crippen LogP contribution in [0.25, 0.3) is 20.7 Å². The number of benzene rings is 3. The van der Waals surface area contributed by atoms with E-state index < -0.39 is 0 Å². The van der Waals surface area contributed by atoms with Crippen LogP contribution in [0.1, 0.15) is 46.1 Å². The van der Waals surface area contributed by atoms with E-state index in [0.717, 1.165) is 67.9 Å². The van der Waals surface area contributed by atoms with Crippen LogP contribution in [0.2, 0.25) is 5.15 Å². The third-order valence-electron chi connectivity index (χ3n) is 7.72. The number of hydrogen-bond acceptors (Lipinski definition) is 11. The van der Waals surface area contributed by atoms with Crippen molar-refractivity contribution in [1.29, 1.82) is 0 Å². The zero-order valence-corrected chi connectivity index (χ0v) is 29.4. The molecule has 1 aliphatic rings. The summed E-state index contributed by atoms with van der Waals surface area (Å²) in [4.78, 5) is 32.5. The highest BCUT2D eigenvalue weighted by Crippen LogP contribution is 2.35. The van der Waals surface area contributed by atoms with Crippen molar-refractivity contribution in [3.05, 3.63) is 123 Å². The van der Waals surface area contributed by atoms with Crippen molar-refractivity contribution in [2.45, 2.75) is 52.2 Å². The maximum Gasteiger partial charge on any atom is 0.161 e. The van der Waals surface area contributed by atoms with Gasteiger partial charge in [0.15, 0.2) is 11.0 Å². The average Bonchev–Trinajstić information content (AvgIpc) is 3.86. The van der Waals surface area contributed by atoms with Crippen LogP contribution in [0.3, 0.4) is 0 Å². The van der Waals surface area contributed by atoms with E-state index in [2.05, 4.69) is 95.9 Å². The second kappa shape index (κ2) is 15.1. The fourth-order valence-corrected chi connectivity index (χ4v) is 7.42. The molecule has 0 fully saturated rings. The lowest BCUT2D eigenvalue weighted by atomic mass is 10.1. The predicted molar refractivity (Wildman–Crippen MR) is 200 cm³/mol. The number of hydrogen-bond donors (Lipinski definition) is 1. The Morgan fingerprint density at radius 3 is 2.00 bits per heavy atom. The molecule has 3 aromatic carbocycles. The summed E-state index contributed by atoms with van der Waals surface area (Å²) in [6.07, 6.45) is 8.74. The van der Waals surface area contributed by atoms with Gasteiger partial charge in [-0.15, -0.1) is 0 Å². The Hall–Kier alpha value is -4.84. The number of anilines is 2. The van der Waals surface area contributed by atoms with Crippen molar-refractivity contribution in [3.63, 3.8) is 0 Å². The number of aryl methyl sites for hydroxylation is 4. The zero-order valence-electron chi connectivity index (χ0n) is 27.0. The quantitative estimate of drug-likeness (QED) is 0.141. The minimum atomic E-state index is 0.0650. The molecule has 0 bridgehead atoms. The molecule has 0 atom stereocenters. The third kappa shape index (κ3) is 8.07. The van der Waals surface area contributed by atoms with Crippen LogP contribution in [0.5, 0.6) is 5.75 Å². The number of thiazole rings is 2. The van der Waals surface area contributed by atoms with Crippen molar-refractivity contribution in [2.75, 3.05) is 5.32 Å². The molecule has 0 aliphatic carbocycles. The van der Waals surface area contributed by atoms with E-state index >= 15 is 0 Å². The first-order valence-electron chi connectivity index (χ1n) is 16.0. The molecule has 5 heterocycles. The zero-order chi connectivity index (χ0) is 33.6. The van der Waals surface area contributed by atoms with Crippen molar-refractivity contribution < 1.29 is 4.74 Å². The van der Waals surface area contributed by atoms with Crippen LogP contribution in [0, 0.1) is 0 Å². The van der Waals surface area contributed by atoms with E-state index in [-0.39, 0.29) is 6.10 Å². The average molecular weight is 705 g/mol. The summed E-state index contributed by atoms with van der Waals surface area (Å²) in [5, 5.41) is 5.99. The van der Waals surface area contributed by atoms with E-state index in [0.29, 0.717) is 23.0 Å². The third-order valence-corrected chi connectivity index (χ3v) is 10.0. The largest absolute Gasteiger partial charge is 0.489 e. The summed E-state index contributed by atoms with van der Waals surface area (Å²) in [6, 6.07) is 25.0. The Morgan fingerprint density at radius 1 is 0.755 bits per heavy atom. The summed E-state index contributed by atoms with van der Waals surface area (Å²) in [5.74, 6) is 1.49. The molecule has 4 aromatic heterocycles. The fourth-order valence-electron chi connectivity index (χ4n) is 5.38. The molecule has 0 unspecified atom stereocenters. The standard InChI is InChI=1S/C24H23N5OS.C13H10ClN3S/c1-15(2)30-20-11-18-13-25-12-17(18)10-19(20)28-23-22-24(27-14-26-23)31-21(29-22)9-8-16-6-4-3-5-7-16;14-12-11-13(16-8-15-12)18-10(17-11)7-6-9-4-2-1-3-5-9/h3-7,10-12,14-15H,8-9,13H2,1-2H3,(H,26,27,28);1-5,8H,6-7H2. The van der Waals surface area contributed by atoms with Crippen molar-refractivity contribution in [1.82, 2.24) is 29.9 Å². The van der Waals surface area contributed by atoms with E-state index in [1.165, 1.54) is 23.0 Å². The molecule has 0 amide bonds. The van der Waals surface area contributed by atoms with Gasteiger partial charge in [0.1, 0.15) is 39.1 Å². The molecule has 0 saturated carbocycles. The SMILES string of the molecule is CC(C)Oc1cc2c(cc1Nc1ncnc3sc(CCc4ccccc4)nc13)C=NC2.Clc1ncnc2sc(CCc3ccccc3)nc12.